The predicted molar refractivity (Wildman–Crippen MR) is 47.0 cm³/mol. The van der Waals surface area contributed by atoms with E-state index in [0.717, 1.165) is 0 Å². The molecule has 0 aromatic rings. The van der Waals surface area contributed by atoms with E-state index in [4.69, 9.17) is 0 Å². The average Bonchev–Trinajstić information content (AvgIpc) is 2.00. The third kappa shape index (κ3) is 2.74. The van der Waals surface area contributed by atoms with E-state index in [1.54, 1.807) is 0 Å². The molecule has 0 saturated heterocycles. The van der Waals surface area contributed by atoms with E-state index in [1.165, 1.54) is 15.9 Å². The minimum absolute atomic E-state index is 0.147. The zero-order chi connectivity index (χ0) is 12.7. The molecule has 15 heavy (non-hydrogen) atoms. The molecule has 0 fully saturated rings. The minimum atomic E-state index is -5.65. The van der Waals surface area contributed by atoms with Crippen LogP contribution in [0.3, 0.4) is 0 Å². The first kappa shape index (κ1) is 15.4. The molecule has 0 N–H and O–H groups in total. The Balaban J connectivity index is 5.49. The van der Waals surface area contributed by atoms with Crippen molar-refractivity contribution in [3.05, 3.63) is 11.9 Å². The molecule has 0 aromatic carbocycles. The summed E-state index contributed by atoms with van der Waals surface area (Å²) < 4.78 is 92.5. The maximum atomic E-state index is 12.8. The van der Waals surface area contributed by atoms with E-state index < -0.39 is 26.3 Å². The van der Waals surface area contributed by atoms with Gasteiger partial charge in [-0.2, -0.15) is 30.7 Å². The summed E-state index contributed by atoms with van der Waals surface area (Å²) in [6.07, 6.45) is -3.56. The summed E-state index contributed by atoms with van der Waals surface area (Å²) in [5.74, 6) is -9.18. The first-order valence-electron chi connectivity index (χ1n) is 2.89. The van der Waals surface area contributed by atoms with Gasteiger partial charge in [-0.3, -0.25) is 0 Å². The Hall–Kier alpha value is 0.390. The van der Waals surface area contributed by atoms with Crippen molar-refractivity contribution in [2.75, 3.05) is 0 Å². The molecule has 0 aliphatic heterocycles. The SMILES string of the molecule is FC(F)=C(F)C(F)(F)C(F)(I)C(F)(F)Br. The van der Waals surface area contributed by atoms with Crippen LogP contribution in [0, 0.1) is 0 Å². The number of hydrogen-bond acceptors (Lipinski definition) is 0. The van der Waals surface area contributed by atoms with Gasteiger partial charge in [0.05, 0.1) is 0 Å². The average molecular weight is 419 g/mol. The molecule has 0 radical (unpaired) electrons. The first-order chi connectivity index (χ1) is 6.35. The lowest BCUT2D eigenvalue weighted by Crippen LogP contribution is -2.50. The van der Waals surface area contributed by atoms with Crippen molar-refractivity contribution < 1.29 is 35.1 Å². The molecule has 0 bridgehead atoms. The summed E-state index contributed by atoms with van der Waals surface area (Å²) in [6, 6.07) is 0. The fourth-order valence-corrected chi connectivity index (χ4v) is 0.920. The number of hydrogen-bond donors (Lipinski definition) is 0. The molecule has 0 aromatic heterocycles. The van der Waals surface area contributed by atoms with Gasteiger partial charge in [0.15, 0.2) is 0 Å². The highest BCUT2D eigenvalue weighted by Gasteiger charge is 2.70. The number of rotatable bonds is 3. The summed E-state index contributed by atoms with van der Waals surface area (Å²) in [6.45, 7) is 0. The van der Waals surface area contributed by atoms with Crippen molar-refractivity contribution in [1.29, 1.82) is 0 Å². The van der Waals surface area contributed by atoms with Crippen LogP contribution in [0.15, 0.2) is 11.9 Å². The molecular weight excluding hydrogens is 419 g/mol. The standard InChI is InChI=1S/C5BrF8I/c6-5(13,14)4(12,15)3(10,11)1(7)2(8)9. The third-order valence-electron chi connectivity index (χ3n) is 1.19. The molecule has 0 rings (SSSR count). The molecule has 0 aliphatic carbocycles. The highest BCUT2D eigenvalue weighted by atomic mass is 127. The van der Waals surface area contributed by atoms with Crippen molar-refractivity contribution >= 4 is 38.5 Å². The van der Waals surface area contributed by atoms with Crippen molar-refractivity contribution in [2.24, 2.45) is 0 Å². The summed E-state index contributed by atoms with van der Waals surface area (Å²) >= 11 is 1.08. The van der Waals surface area contributed by atoms with Crippen LogP contribution in [0.4, 0.5) is 35.1 Å². The number of halogens is 10. The summed E-state index contributed by atoms with van der Waals surface area (Å²) in [5, 5.41) is 0. The zero-order valence-electron chi connectivity index (χ0n) is 6.28. The molecule has 1 atom stereocenters. The normalized spacial score (nSPS) is 17.2. The number of allylic oxidation sites excluding steroid dienone is 1. The van der Waals surface area contributed by atoms with Gasteiger partial charge in [0.25, 0.3) is 0 Å². The molecule has 0 amide bonds. The second kappa shape index (κ2) is 4.34. The Morgan fingerprint density at radius 2 is 1.27 bits per heavy atom. The smallest absolute Gasteiger partial charge is 0.217 e. The molecular formula is C5BrF8I. The van der Waals surface area contributed by atoms with E-state index >= 15 is 0 Å². The molecule has 10 heteroatoms. The van der Waals surface area contributed by atoms with Crippen LogP contribution in [0.1, 0.15) is 0 Å². The van der Waals surface area contributed by atoms with Gasteiger partial charge in [-0.1, -0.05) is 0 Å². The maximum Gasteiger partial charge on any atom is 0.353 e. The lowest BCUT2D eigenvalue weighted by Gasteiger charge is -2.30. The van der Waals surface area contributed by atoms with Crippen LogP contribution in [-0.2, 0) is 0 Å². The molecule has 0 heterocycles. The largest absolute Gasteiger partial charge is 0.353 e. The van der Waals surface area contributed by atoms with E-state index in [0.29, 0.717) is 0 Å². The van der Waals surface area contributed by atoms with Gasteiger partial charge < -0.3 is 0 Å². The van der Waals surface area contributed by atoms with Crippen LogP contribution in [0.2, 0.25) is 0 Å². The lowest BCUT2D eigenvalue weighted by atomic mass is 10.2. The molecule has 0 saturated carbocycles. The van der Waals surface area contributed by atoms with E-state index in [9.17, 15) is 35.1 Å². The second-order valence-corrected chi connectivity index (χ2v) is 4.70. The van der Waals surface area contributed by atoms with Crippen molar-refractivity contribution in [3.63, 3.8) is 0 Å². The fourth-order valence-electron chi connectivity index (χ4n) is 0.435. The molecule has 0 spiro atoms. The highest BCUT2D eigenvalue weighted by molar-refractivity contribution is 14.1. The Kier molecular flexibility index (Phi) is 4.45. The molecule has 90 valence electrons. The molecule has 0 aliphatic rings. The van der Waals surface area contributed by atoms with Crippen molar-refractivity contribution in [1.82, 2.24) is 0 Å². The van der Waals surface area contributed by atoms with Crippen LogP contribution >= 0.6 is 38.5 Å². The monoisotopic (exact) mass is 418 g/mol. The lowest BCUT2D eigenvalue weighted by molar-refractivity contribution is -0.138. The second-order valence-electron chi connectivity index (χ2n) is 2.22. The maximum absolute atomic E-state index is 12.8. The van der Waals surface area contributed by atoms with Crippen LogP contribution in [-0.4, -0.2) is 14.4 Å². The van der Waals surface area contributed by atoms with Gasteiger partial charge in [-0.15, -0.1) is 0 Å². The topological polar surface area (TPSA) is 0 Å². The van der Waals surface area contributed by atoms with Gasteiger partial charge in [0.1, 0.15) is 0 Å². The minimum Gasteiger partial charge on any atom is -0.217 e. The fraction of sp³-hybridized carbons (Fsp3) is 0.600. The van der Waals surface area contributed by atoms with Gasteiger partial charge in [-0.05, 0) is 38.5 Å². The highest BCUT2D eigenvalue weighted by Crippen LogP contribution is 2.55. The quantitative estimate of drug-likeness (QED) is 0.351. The van der Waals surface area contributed by atoms with E-state index in [-0.39, 0.29) is 22.6 Å². The van der Waals surface area contributed by atoms with Crippen LogP contribution in [0.5, 0.6) is 0 Å². The van der Waals surface area contributed by atoms with Gasteiger partial charge >= 0.3 is 20.5 Å². The summed E-state index contributed by atoms with van der Waals surface area (Å²) in [7, 11) is 0. The van der Waals surface area contributed by atoms with Crippen LogP contribution in [0.25, 0.3) is 0 Å². The van der Waals surface area contributed by atoms with Gasteiger partial charge in [-0.25, -0.2) is 4.39 Å². The Morgan fingerprint density at radius 3 is 1.47 bits per heavy atom. The van der Waals surface area contributed by atoms with Crippen molar-refractivity contribution in [3.8, 4) is 0 Å². The Labute approximate surface area is 100.0 Å². The zero-order valence-corrected chi connectivity index (χ0v) is 10.0. The summed E-state index contributed by atoms with van der Waals surface area (Å²) in [4.78, 5) is -4.88. The summed E-state index contributed by atoms with van der Waals surface area (Å²) in [5.41, 5.74) is 0. The van der Waals surface area contributed by atoms with Crippen LogP contribution < -0.4 is 0 Å². The van der Waals surface area contributed by atoms with Gasteiger partial charge in [0, 0.05) is 0 Å². The number of alkyl halides is 7. The van der Waals surface area contributed by atoms with E-state index in [2.05, 4.69) is 0 Å². The molecule has 1 unspecified atom stereocenters. The third-order valence-corrected chi connectivity index (χ3v) is 3.83. The van der Waals surface area contributed by atoms with Gasteiger partial charge in [0.2, 0.25) is 5.83 Å². The Bertz CT molecular complexity index is 275. The Morgan fingerprint density at radius 1 is 0.933 bits per heavy atom. The molecule has 0 nitrogen and oxygen atoms in total. The predicted octanol–water partition coefficient (Wildman–Crippen LogP) is 4.79. The first-order valence-corrected chi connectivity index (χ1v) is 4.76. The van der Waals surface area contributed by atoms with Crippen molar-refractivity contribution in [2.45, 2.75) is 14.4 Å². The van der Waals surface area contributed by atoms with E-state index in [1.807, 2.05) is 0 Å².